The lowest BCUT2D eigenvalue weighted by Crippen LogP contribution is -2.51. The molecule has 2 aliphatic heterocycles. The Balaban J connectivity index is 1.37. The van der Waals surface area contributed by atoms with Gasteiger partial charge in [-0.15, -0.1) is 0 Å². The number of rotatable bonds is 3. The molecule has 3 heterocycles. The number of imidazole rings is 1. The fraction of sp³-hybridized carbons (Fsp3) is 0.450. The van der Waals surface area contributed by atoms with Gasteiger partial charge in [-0.1, -0.05) is 17.7 Å². The molecule has 0 N–H and O–H groups in total. The molecule has 27 heavy (non-hydrogen) atoms. The summed E-state index contributed by atoms with van der Waals surface area (Å²) >= 11 is 0. The first-order valence-electron chi connectivity index (χ1n) is 9.41. The summed E-state index contributed by atoms with van der Waals surface area (Å²) in [6.45, 7) is 5.35. The molecule has 0 saturated carbocycles. The van der Waals surface area contributed by atoms with Crippen molar-refractivity contribution in [3.8, 4) is 0 Å². The quantitative estimate of drug-likeness (QED) is 0.823. The van der Waals surface area contributed by atoms with Gasteiger partial charge in [-0.05, 0) is 19.1 Å². The molecular formula is C20H25N5O2. The fourth-order valence-electron chi connectivity index (χ4n) is 3.89. The minimum Gasteiger partial charge on any atom is -0.339 e. The first kappa shape index (κ1) is 17.6. The van der Waals surface area contributed by atoms with Gasteiger partial charge in [0.05, 0.1) is 5.92 Å². The van der Waals surface area contributed by atoms with Gasteiger partial charge in [-0.3, -0.25) is 9.59 Å². The molecule has 1 aromatic carbocycles. The van der Waals surface area contributed by atoms with Crippen LogP contribution in [0.15, 0.2) is 36.7 Å². The van der Waals surface area contributed by atoms with E-state index in [2.05, 4.69) is 9.88 Å². The lowest BCUT2D eigenvalue weighted by atomic mass is 10.1. The first-order chi connectivity index (χ1) is 13.0. The zero-order valence-corrected chi connectivity index (χ0v) is 15.8. The van der Waals surface area contributed by atoms with Crippen LogP contribution in [0.4, 0.5) is 11.6 Å². The maximum atomic E-state index is 12.9. The largest absolute Gasteiger partial charge is 0.339 e. The summed E-state index contributed by atoms with van der Waals surface area (Å²) in [6.07, 6.45) is 4.01. The summed E-state index contributed by atoms with van der Waals surface area (Å²) in [4.78, 5) is 35.6. The van der Waals surface area contributed by atoms with Crippen LogP contribution in [0.1, 0.15) is 12.0 Å². The van der Waals surface area contributed by atoms with Gasteiger partial charge in [-0.25, -0.2) is 4.98 Å². The summed E-state index contributed by atoms with van der Waals surface area (Å²) in [5.74, 6) is 0.809. The van der Waals surface area contributed by atoms with Crippen LogP contribution in [0.2, 0.25) is 0 Å². The second kappa shape index (κ2) is 7.06. The molecule has 0 radical (unpaired) electrons. The van der Waals surface area contributed by atoms with E-state index in [4.69, 9.17) is 0 Å². The average molecular weight is 367 g/mol. The van der Waals surface area contributed by atoms with Gasteiger partial charge in [0.1, 0.15) is 0 Å². The monoisotopic (exact) mass is 367 g/mol. The van der Waals surface area contributed by atoms with E-state index >= 15 is 0 Å². The SMILES string of the molecule is Cc1ccc(N2C[C@@H](C(=O)N3CCN(c4nccn4C)CC3)CC2=O)cc1. The standard InChI is InChI=1S/C20H25N5O2/c1-15-3-5-17(6-4-15)25-14-16(13-18(25)26)19(27)23-9-11-24(12-10-23)20-21-7-8-22(20)2/h3-8,16H,9-14H2,1-2H3/t16-/m0/s1. The molecule has 142 valence electrons. The van der Waals surface area contributed by atoms with Gasteiger partial charge >= 0.3 is 0 Å². The highest BCUT2D eigenvalue weighted by Gasteiger charge is 2.38. The molecule has 1 atom stereocenters. The Morgan fingerprint density at radius 1 is 1.11 bits per heavy atom. The Bertz CT molecular complexity index is 836. The van der Waals surface area contributed by atoms with Gasteiger partial charge in [0.15, 0.2) is 0 Å². The third-order valence-corrected chi connectivity index (χ3v) is 5.49. The van der Waals surface area contributed by atoms with Crippen LogP contribution in [-0.4, -0.2) is 59.0 Å². The molecule has 0 aliphatic carbocycles. The maximum absolute atomic E-state index is 12.9. The predicted molar refractivity (Wildman–Crippen MR) is 104 cm³/mol. The summed E-state index contributed by atoms with van der Waals surface area (Å²) in [5, 5.41) is 0. The highest BCUT2D eigenvalue weighted by molar-refractivity contribution is 6.00. The van der Waals surface area contributed by atoms with E-state index in [1.807, 2.05) is 53.9 Å². The lowest BCUT2D eigenvalue weighted by Gasteiger charge is -2.36. The zero-order chi connectivity index (χ0) is 19.0. The van der Waals surface area contributed by atoms with E-state index in [1.54, 1.807) is 11.1 Å². The van der Waals surface area contributed by atoms with Crippen LogP contribution in [0.3, 0.4) is 0 Å². The highest BCUT2D eigenvalue weighted by atomic mass is 16.2. The Labute approximate surface area is 159 Å². The van der Waals surface area contributed by atoms with Crippen LogP contribution in [0.5, 0.6) is 0 Å². The van der Waals surface area contributed by atoms with Crippen molar-refractivity contribution in [1.82, 2.24) is 14.5 Å². The number of hydrogen-bond donors (Lipinski definition) is 0. The second-order valence-electron chi connectivity index (χ2n) is 7.39. The third kappa shape index (κ3) is 3.41. The maximum Gasteiger partial charge on any atom is 0.228 e. The smallest absolute Gasteiger partial charge is 0.228 e. The molecule has 0 spiro atoms. The molecule has 2 aliphatic rings. The summed E-state index contributed by atoms with van der Waals surface area (Å²) in [5.41, 5.74) is 2.03. The topological polar surface area (TPSA) is 61.7 Å². The Hall–Kier alpha value is -2.83. The number of aryl methyl sites for hydroxylation is 2. The number of anilines is 2. The van der Waals surface area contributed by atoms with Crippen molar-refractivity contribution in [2.24, 2.45) is 13.0 Å². The van der Waals surface area contributed by atoms with Crippen LogP contribution in [0.25, 0.3) is 0 Å². The van der Waals surface area contributed by atoms with Crippen molar-refractivity contribution in [2.75, 3.05) is 42.5 Å². The van der Waals surface area contributed by atoms with E-state index in [-0.39, 0.29) is 17.7 Å². The molecule has 2 amide bonds. The van der Waals surface area contributed by atoms with E-state index in [0.717, 1.165) is 30.3 Å². The van der Waals surface area contributed by atoms with Crippen LogP contribution in [0, 0.1) is 12.8 Å². The molecule has 2 aromatic rings. The van der Waals surface area contributed by atoms with Gasteiger partial charge < -0.3 is 19.3 Å². The number of carbonyl (C=O) groups excluding carboxylic acids is 2. The molecule has 0 unspecified atom stereocenters. The van der Waals surface area contributed by atoms with Crippen LogP contribution < -0.4 is 9.80 Å². The third-order valence-electron chi connectivity index (χ3n) is 5.49. The molecule has 2 fully saturated rings. The van der Waals surface area contributed by atoms with Gasteiger partial charge in [-0.2, -0.15) is 0 Å². The predicted octanol–water partition coefficient (Wildman–Crippen LogP) is 1.43. The molecule has 7 nitrogen and oxygen atoms in total. The summed E-state index contributed by atoms with van der Waals surface area (Å²) < 4.78 is 1.99. The highest BCUT2D eigenvalue weighted by Crippen LogP contribution is 2.27. The Morgan fingerprint density at radius 2 is 1.81 bits per heavy atom. The van der Waals surface area contributed by atoms with Crippen molar-refractivity contribution in [3.63, 3.8) is 0 Å². The van der Waals surface area contributed by atoms with Crippen molar-refractivity contribution in [2.45, 2.75) is 13.3 Å². The van der Waals surface area contributed by atoms with Gasteiger partial charge in [0.2, 0.25) is 17.8 Å². The van der Waals surface area contributed by atoms with Crippen molar-refractivity contribution in [1.29, 1.82) is 0 Å². The number of amides is 2. The normalized spacial score (nSPS) is 20.4. The number of hydrogen-bond acceptors (Lipinski definition) is 4. The molecule has 7 heteroatoms. The Morgan fingerprint density at radius 3 is 2.44 bits per heavy atom. The fourth-order valence-corrected chi connectivity index (χ4v) is 3.89. The van der Waals surface area contributed by atoms with E-state index < -0.39 is 0 Å². The average Bonchev–Trinajstić information content (AvgIpc) is 3.28. The van der Waals surface area contributed by atoms with E-state index in [1.165, 1.54) is 0 Å². The number of aromatic nitrogens is 2. The zero-order valence-electron chi connectivity index (χ0n) is 15.8. The molecule has 0 bridgehead atoms. The Kier molecular flexibility index (Phi) is 4.59. The minimum atomic E-state index is -0.251. The van der Waals surface area contributed by atoms with Gasteiger partial charge in [0, 0.05) is 64.3 Å². The van der Waals surface area contributed by atoms with E-state index in [0.29, 0.717) is 26.1 Å². The minimum absolute atomic E-state index is 0.0313. The van der Waals surface area contributed by atoms with Gasteiger partial charge in [0.25, 0.3) is 0 Å². The molecule has 2 saturated heterocycles. The number of benzene rings is 1. The lowest BCUT2D eigenvalue weighted by molar-refractivity contribution is -0.136. The summed E-state index contributed by atoms with van der Waals surface area (Å²) in [6, 6.07) is 7.89. The first-order valence-corrected chi connectivity index (χ1v) is 9.41. The molecule has 4 rings (SSSR count). The van der Waals surface area contributed by atoms with Crippen molar-refractivity contribution < 1.29 is 9.59 Å². The molecular weight excluding hydrogens is 342 g/mol. The van der Waals surface area contributed by atoms with E-state index in [9.17, 15) is 9.59 Å². The van der Waals surface area contributed by atoms with Crippen LogP contribution >= 0.6 is 0 Å². The van der Waals surface area contributed by atoms with Crippen molar-refractivity contribution >= 4 is 23.5 Å². The number of carbonyl (C=O) groups is 2. The summed E-state index contributed by atoms with van der Waals surface area (Å²) in [7, 11) is 1.98. The van der Waals surface area contributed by atoms with Crippen molar-refractivity contribution in [3.05, 3.63) is 42.2 Å². The molecule has 1 aromatic heterocycles. The number of piperazine rings is 1. The second-order valence-corrected chi connectivity index (χ2v) is 7.39. The number of nitrogens with zero attached hydrogens (tertiary/aromatic N) is 5. The van der Waals surface area contributed by atoms with Crippen LogP contribution in [-0.2, 0) is 16.6 Å².